The molecule has 0 bridgehead atoms. The van der Waals surface area contributed by atoms with E-state index in [2.05, 4.69) is 24.2 Å². The van der Waals surface area contributed by atoms with Gasteiger partial charge in [0.05, 0.1) is 0 Å². The molecule has 0 aliphatic carbocycles. The maximum Gasteiger partial charge on any atom is 0.222 e. The highest BCUT2D eigenvalue weighted by Crippen LogP contribution is 2.11. The third kappa shape index (κ3) is 10.3. The summed E-state index contributed by atoms with van der Waals surface area (Å²) in [5.74, 6) is 1.18. The molecule has 174 valence electrons. The van der Waals surface area contributed by atoms with Gasteiger partial charge in [0.2, 0.25) is 11.8 Å². The molecule has 1 aliphatic heterocycles. The van der Waals surface area contributed by atoms with Gasteiger partial charge in [0, 0.05) is 51.3 Å². The van der Waals surface area contributed by atoms with Crippen molar-refractivity contribution in [2.24, 2.45) is 16.6 Å². The van der Waals surface area contributed by atoms with Crippen LogP contribution in [-0.4, -0.2) is 60.3 Å². The van der Waals surface area contributed by atoms with Gasteiger partial charge in [0.1, 0.15) is 0 Å². The molecule has 7 nitrogen and oxygen atoms in total. The Morgan fingerprint density at radius 1 is 1.00 bits per heavy atom. The number of halogens is 1. The van der Waals surface area contributed by atoms with Gasteiger partial charge in [-0.15, -0.1) is 24.0 Å². The van der Waals surface area contributed by atoms with Crippen LogP contribution < -0.4 is 11.1 Å². The Kier molecular flexibility index (Phi) is 12.5. The summed E-state index contributed by atoms with van der Waals surface area (Å²) >= 11 is 0. The number of carbonyl (C=O) groups is 2. The van der Waals surface area contributed by atoms with Crippen molar-refractivity contribution in [1.82, 2.24) is 9.80 Å². The van der Waals surface area contributed by atoms with Crippen LogP contribution in [-0.2, 0) is 9.59 Å². The molecule has 1 fully saturated rings. The molecule has 0 unspecified atom stereocenters. The Labute approximate surface area is 203 Å². The molecule has 1 aromatic carbocycles. The average molecular weight is 543 g/mol. The fraction of sp³-hybridized carbons (Fsp3) is 0.609. The fourth-order valence-electron chi connectivity index (χ4n) is 3.43. The van der Waals surface area contributed by atoms with E-state index in [0.29, 0.717) is 57.4 Å². The number of guanidine groups is 1. The molecule has 2 amide bonds. The standard InChI is InChI=1S/C23H37N5O2.HI/c1-18(2)17-22(30)28-15-13-27(14-16-28)21(29)7-5-4-6-12-25-23(24)26-20-10-8-19(3)9-11-20;/h8-11,18H,4-7,12-17H2,1-3H3,(H3,24,25,26);1H. The third-order valence-corrected chi connectivity index (χ3v) is 5.22. The molecule has 1 aliphatic rings. The van der Waals surface area contributed by atoms with Gasteiger partial charge in [-0.3, -0.25) is 14.6 Å². The summed E-state index contributed by atoms with van der Waals surface area (Å²) < 4.78 is 0. The summed E-state index contributed by atoms with van der Waals surface area (Å²) in [7, 11) is 0. The summed E-state index contributed by atoms with van der Waals surface area (Å²) in [5.41, 5.74) is 8.04. The van der Waals surface area contributed by atoms with Gasteiger partial charge in [-0.05, 0) is 37.8 Å². The van der Waals surface area contributed by atoms with E-state index in [-0.39, 0.29) is 35.8 Å². The highest BCUT2D eigenvalue weighted by molar-refractivity contribution is 14.0. The van der Waals surface area contributed by atoms with Crippen LogP contribution in [0.3, 0.4) is 0 Å². The van der Waals surface area contributed by atoms with Crippen molar-refractivity contribution in [3.05, 3.63) is 29.8 Å². The molecule has 1 aromatic rings. The third-order valence-electron chi connectivity index (χ3n) is 5.22. The van der Waals surface area contributed by atoms with Crippen molar-refractivity contribution in [3.63, 3.8) is 0 Å². The van der Waals surface area contributed by atoms with Gasteiger partial charge < -0.3 is 20.9 Å². The van der Waals surface area contributed by atoms with Crippen LogP contribution in [0.5, 0.6) is 0 Å². The van der Waals surface area contributed by atoms with Crippen molar-refractivity contribution in [1.29, 1.82) is 0 Å². The Hall–Kier alpha value is -1.84. The molecule has 8 heteroatoms. The van der Waals surface area contributed by atoms with E-state index in [4.69, 9.17) is 5.73 Å². The number of hydrogen-bond donors (Lipinski definition) is 2. The zero-order valence-corrected chi connectivity index (χ0v) is 21.4. The first-order valence-corrected chi connectivity index (χ1v) is 11.0. The maximum atomic E-state index is 12.4. The molecule has 0 atom stereocenters. The van der Waals surface area contributed by atoms with Crippen molar-refractivity contribution in [3.8, 4) is 0 Å². The van der Waals surface area contributed by atoms with Crippen LogP contribution in [0.4, 0.5) is 5.69 Å². The quantitative estimate of drug-likeness (QED) is 0.216. The Morgan fingerprint density at radius 2 is 1.58 bits per heavy atom. The number of rotatable bonds is 9. The summed E-state index contributed by atoms with van der Waals surface area (Å²) in [4.78, 5) is 32.6. The summed E-state index contributed by atoms with van der Waals surface area (Å²) in [6.07, 6.45) is 3.84. The van der Waals surface area contributed by atoms with Crippen LogP contribution in [0, 0.1) is 12.8 Å². The number of nitrogens with zero attached hydrogens (tertiary/aromatic N) is 3. The molecule has 0 radical (unpaired) electrons. The highest BCUT2D eigenvalue weighted by atomic mass is 127. The topological polar surface area (TPSA) is 91.0 Å². The number of aryl methyl sites for hydroxylation is 1. The van der Waals surface area contributed by atoms with Gasteiger partial charge in [-0.25, -0.2) is 0 Å². The summed E-state index contributed by atoms with van der Waals surface area (Å²) in [6, 6.07) is 8.00. The zero-order chi connectivity index (χ0) is 21.9. The first kappa shape index (κ1) is 27.2. The lowest BCUT2D eigenvalue weighted by Gasteiger charge is -2.35. The minimum absolute atomic E-state index is 0. The van der Waals surface area contributed by atoms with E-state index in [0.717, 1.165) is 24.9 Å². The second-order valence-electron chi connectivity index (χ2n) is 8.43. The van der Waals surface area contributed by atoms with Crippen molar-refractivity contribution >= 4 is 47.4 Å². The Bertz CT molecular complexity index is 713. The van der Waals surface area contributed by atoms with Gasteiger partial charge in [0.25, 0.3) is 0 Å². The summed E-state index contributed by atoms with van der Waals surface area (Å²) in [6.45, 7) is 9.40. The predicted octanol–water partition coefficient (Wildman–Crippen LogP) is 3.62. The molecule has 3 N–H and O–H groups in total. The number of amides is 2. The van der Waals surface area contributed by atoms with Gasteiger partial charge in [-0.2, -0.15) is 0 Å². The van der Waals surface area contributed by atoms with Gasteiger partial charge >= 0.3 is 0 Å². The Morgan fingerprint density at radius 3 is 2.16 bits per heavy atom. The van der Waals surface area contributed by atoms with Crippen LogP contribution in [0.2, 0.25) is 0 Å². The van der Waals surface area contributed by atoms with E-state index in [1.165, 1.54) is 5.56 Å². The lowest BCUT2D eigenvalue weighted by Crippen LogP contribution is -2.50. The molecule has 0 saturated carbocycles. The van der Waals surface area contributed by atoms with E-state index in [1.54, 1.807) is 0 Å². The lowest BCUT2D eigenvalue weighted by molar-refractivity contribution is -0.140. The van der Waals surface area contributed by atoms with Crippen LogP contribution in [0.1, 0.15) is 51.5 Å². The normalized spacial score (nSPS) is 14.4. The monoisotopic (exact) mass is 543 g/mol. The SMILES string of the molecule is Cc1ccc(NC(N)=NCCCCCC(=O)N2CCN(C(=O)CC(C)C)CC2)cc1.I. The number of unbranched alkanes of at least 4 members (excludes halogenated alkanes) is 2. The smallest absolute Gasteiger partial charge is 0.222 e. The average Bonchev–Trinajstić information content (AvgIpc) is 2.71. The van der Waals surface area contributed by atoms with Crippen LogP contribution >= 0.6 is 24.0 Å². The number of carbonyl (C=O) groups excluding carboxylic acids is 2. The number of benzene rings is 1. The molecule has 1 saturated heterocycles. The van der Waals surface area contributed by atoms with Crippen molar-refractivity contribution < 1.29 is 9.59 Å². The first-order chi connectivity index (χ1) is 14.3. The minimum atomic E-state index is 0. The zero-order valence-electron chi connectivity index (χ0n) is 19.1. The van der Waals surface area contributed by atoms with E-state index in [1.807, 2.05) is 41.0 Å². The second kappa shape index (κ2) is 14.3. The number of hydrogen-bond acceptors (Lipinski definition) is 3. The maximum absolute atomic E-state index is 12.4. The number of aliphatic imine (C=N–C) groups is 1. The van der Waals surface area contributed by atoms with Crippen LogP contribution in [0.25, 0.3) is 0 Å². The highest BCUT2D eigenvalue weighted by Gasteiger charge is 2.23. The molecule has 2 rings (SSSR count). The van der Waals surface area contributed by atoms with Crippen molar-refractivity contribution in [2.45, 2.75) is 52.9 Å². The van der Waals surface area contributed by atoms with E-state index in [9.17, 15) is 9.59 Å². The molecular weight excluding hydrogens is 505 g/mol. The predicted molar refractivity (Wildman–Crippen MR) is 138 cm³/mol. The number of nitrogens with one attached hydrogen (secondary N) is 1. The fourth-order valence-corrected chi connectivity index (χ4v) is 3.43. The molecule has 0 aromatic heterocycles. The molecule has 31 heavy (non-hydrogen) atoms. The lowest BCUT2D eigenvalue weighted by atomic mass is 10.1. The second-order valence-corrected chi connectivity index (χ2v) is 8.43. The minimum Gasteiger partial charge on any atom is -0.370 e. The van der Waals surface area contributed by atoms with E-state index >= 15 is 0 Å². The molecule has 1 heterocycles. The van der Waals surface area contributed by atoms with E-state index < -0.39 is 0 Å². The number of nitrogens with two attached hydrogens (primary N) is 1. The van der Waals surface area contributed by atoms with Crippen LogP contribution in [0.15, 0.2) is 29.3 Å². The summed E-state index contributed by atoms with van der Waals surface area (Å²) in [5, 5.41) is 3.08. The Balaban J connectivity index is 0.00000480. The van der Waals surface area contributed by atoms with Gasteiger partial charge in [-0.1, -0.05) is 38.0 Å². The number of piperazine rings is 1. The molecule has 0 spiro atoms. The van der Waals surface area contributed by atoms with Gasteiger partial charge in [0.15, 0.2) is 5.96 Å². The first-order valence-electron chi connectivity index (χ1n) is 11.0. The number of anilines is 1. The largest absolute Gasteiger partial charge is 0.370 e. The van der Waals surface area contributed by atoms with Crippen molar-refractivity contribution in [2.75, 3.05) is 38.0 Å². The molecular formula is C23H38IN5O2.